The molecule has 2 aromatic rings. The zero-order valence-electron chi connectivity index (χ0n) is 12.5. The van der Waals surface area contributed by atoms with Crippen molar-refractivity contribution in [3.05, 3.63) is 29.1 Å². The molecule has 1 aromatic heterocycles. The van der Waals surface area contributed by atoms with Gasteiger partial charge in [0.25, 0.3) is 0 Å². The standard InChI is InChI=1S/C16H25N3/c1-10(2)5-13(9-17)8-15-18-14-7-11(3)6-12(4)16(14)19-15/h6-7,10,13H,5,8-9,17H2,1-4H3,(H,18,19). The molecule has 0 radical (unpaired) electrons. The van der Waals surface area contributed by atoms with E-state index in [1.165, 1.54) is 11.1 Å². The molecule has 0 aliphatic rings. The first kappa shape index (κ1) is 14.1. The van der Waals surface area contributed by atoms with E-state index >= 15 is 0 Å². The number of nitrogens with two attached hydrogens (primary N) is 1. The third kappa shape index (κ3) is 3.35. The minimum Gasteiger partial charge on any atom is -0.342 e. The van der Waals surface area contributed by atoms with Crippen LogP contribution in [0.15, 0.2) is 12.1 Å². The lowest BCUT2D eigenvalue weighted by Gasteiger charge is -2.15. The molecule has 104 valence electrons. The second-order valence-electron chi connectivity index (χ2n) is 6.10. The van der Waals surface area contributed by atoms with Gasteiger partial charge in [0.15, 0.2) is 0 Å². The number of aromatic amines is 1. The summed E-state index contributed by atoms with van der Waals surface area (Å²) in [5.74, 6) is 2.27. The number of rotatable bonds is 5. The zero-order chi connectivity index (χ0) is 14.0. The molecule has 1 atom stereocenters. The van der Waals surface area contributed by atoms with Crippen molar-refractivity contribution < 1.29 is 0 Å². The Kier molecular flexibility index (Phi) is 4.25. The highest BCUT2D eigenvalue weighted by Crippen LogP contribution is 2.21. The Hall–Kier alpha value is -1.35. The summed E-state index contributed by atoms with van der Waals surface area (Å²) in [6.07, 6.45) is 2.10. The van der Waals surface area contributed by atoms with Gasteiger partial charge in [-0.1, -0.05) is 19.9 Å². The number of nitrogens with one attached hydrogen (secondary N) is 1. The number of fused-ring (bicyclic) bond motifs is 1. The van der Waals surface area contributed by atoms with Crippen LogP contribution in [-0.2, 0) is 6.42 Å². The molecule has 0 saturated heterocycles. The first-order chi connectivity index (χ1) is 8.99. The van der Waals surface area contributed by atoms with E-state index in [4.69, 9.17) is 10.7 Å². The average Bonchev–Trinajstić information content (AvgIpc) is 2.70. The number of hydrogen-bond donors (Lipinski definition) is 2. The normalized spacial score (nSPS) is 13.4. The number of H-pyrrole nitrogens is 1. The number of hydrogen-bond acceptors (Lipinski definition) is 2. The minimum atomic E-state index is 0.516. The van der Waals surface area contributed by atoms with Gasteiger partial charge < -0.3 is 10.7 Å². The first-order valence-corrected chi connectivity index (χ1v) is 7.15. The molecule has 0 fully saturated rings. The Morgan fingerprint density at radius 1 is 1.26 bits per heavy atom. The highest BCUT2D eigenvalue weighted by molar-refractivity contribution is 5.79. The van der Waals surface area contributed by atoms with E-state index in [1.54, 1.807) is 0 Å². The van der Waals surface area contributed by atoms with Gasteiger partial charge in [0, 0.05) is 6.42 Å². The highest BCUT2D eigenvalue weighted by atomic mass is 14.9. The van der Waals surface area contributed by atoms with Crippen LogP contribution in [0.25, 0.3) is 11.0 Å². The maximum atomic E-state index is 5.88. The molecule has 0 aliphatic carbocycles. The van der Waals surface area contributed by atoms with Crippen LogP contribution in [0, 0.1) is 25.7 Å². The predicted octanol–water partition coefficient (Wildman–Crippen LogP) is 3.34. The van der Waals surface area contributed by atoms with E-state index < -0.39 is 0 Å². The molecule has 0 bridgehead atoms. The number of aryl methyl sites for hydroxylation is 2. The quantitative estimate of drug-likeness (QED) is 0.865. The van der Waals surface area contributed by atoms with Gasteiger partial charge in [-0.25, -0.2) is 4.98 Å². The molecular weight excluding hydrogens is 234 g/mol. The van der Waals surface area contributed by atoms with Gasteiger partial charge in [-0.3, -0.25) is 0 Å². The Morgan fingerprint density at radius 3 is 2.63 bits per heavy atom. The van der Waals surface area contributed by atoms with Gasteiger partial charge in [0.05, 0.1) is 11.0 Å². The van der Waals surface area contributed by atoms with Gasteiger partial charge in [0.2, 0.25) is 0 Å². The van der Waals surface area contributed by atoms with E-state index in [9.17, 15) is 0 Å². The SMILES string of the molecule is Cc1cc(C)c2nc(CC(CN)CC(C)C)[nH]c2c1. The molecule has 0 saturated carbocycles. The lowest BCUT2D eigenvalue weighted by Crippen LogP contribution is -2.19. The Balaban J connectivity index is 2.23. The monoisotopic (exact) mass is 259 g/mol. The smallest absolute Gasteiger partial charge is 0.107 e. The van der Waals surface area contributed by atoms with Crippen LogP contribution in [0.3, 0.4) is 0 Å². The molecule has 1 aromatic carbocycles. The van der Waals surface area contributed by atoms with Crippen molar-refractivity contribution in [2.45, 2.75) is 40.5 Å². The van der Waals surface area contributed by atoms with Crippen LogP contribution in [0.4, 0.5) is 0 Å². The van der Waals surface area contributed by atoms with Crippen molar-refractivity contribution >= 4 is 11.0 Å². The van der Waals surface area contributed by atoms with Crippen LogP contribution >= 0.6 is 0 Å². The van der Waals surface area contributed by atoms with Gasteiger partial charge in [-0.2, -0.15) is 0 Å². The van der Waals surface area contributed by atoms with Crippen molar-refractivity contribution in [3.8, 4) is 0 Å². The summed E-state index contributed by atoms with van der Waals surface area (Å²) < 4.78 is 0. The van der Waals surface area contributed by atoms with Crippen molar-refractivity contribution in [1.82, 2.24) is 9.97 Å². The average molecular weight is 259 g/mol. The van der Waals surface area contributed by atoms with Crippen molar-refractivity contribution in [2.75, 3.05) is 6.54 Å². The molecule has 3 heteroatoms. The van der Waals surface area contributed by atoms with E-state index in [0.717, 1.165) is 36.2 Å². The van der Waals surface area contributed by atoms with Crippen molar-refractivity contribution in [1.29, 1.82) is 0 Å². The molecule has 0 spiro atoms. The van der Waals surface area contributed by atoms with Crippen molar-refractivity contribution in [2.24, 2.45) is 17.6 Å². The molecule has 1 heterocycles. The third-order valence-corrected chi connectivity index (χ3v) is 3.59. The summed E-state index contributed by atoms with van der Waals surface area (Å²) in [4.78, 5) is 8.19. The Morgan fingerprint density at radius 2 is 2.00 bits per heavy atom. The van der Waals surface area contributed by atoms with E-state index in [-0.39, 0.29) is 0 Å². The largest absolute Gasteiger partial charge is 0.342 e. The second kappa shape index (κ2) is 5.74. The summed E-state index contributed by atoms with van der Waals surface area (Å²) in [5, 5.41) is 0. The van der Waals surface area contributed by atoms with Gasteiger partial charge in [-0.05, 0) is 55.8 Å². The fraction of sp³-hybridized carbons (Fsp3) is 0.562. The molecule has 0 amide bonds. The summed E-state index contributed by atoms with van der Waals surface area (Å²) in [6, 6.07) is 4.35. The van der Waals surface area contributed by atoms with E-state index in [2.05, 4.69) is 44.8 Å². The van der Waals surface area contributed by atoms with Gasteiger partial charge in [0.1, 0.15) is 5.82 Å². The lowest BCUT2D eigenvalue weighted by molar-refractivity contribution is 0.410. The summed E-state index contributed by atoms with van der Waals surface area (Å²) in [7, 11) is 0. The third-order valence-electron chi connectivity index (χ3n) is 3.59. The topological polar surface area (TPSA) is 54.7 Å². The van der Waals surface area contributed by atoms with Crippen molar-refractivity contribution in [3.63, 3.8) is 0 Å². The van der Waals surface area contributed by atoms with Crippen LogP contribution in [-0.4, -0.2) is 16.5 Å². The molecule has 2 rings (SSSR count). The zero-order valence-corrected chi connectivity index (χ0v) is 12.5. The van der Waals surface area contributed by atoms with E-state index in [1.807, 2.05) is 0 Å². The summed E-state index contributed by atoms with van der Waals surface area (Å²) >= 11 is 0. The number of nitrogens with zero attached hydrogens (tertiary/aromatic N) is 1. The number of benzene rings is 1. The second-order valence-corrected chi connectivity index (χ2v) is 6.10. The van der Waals surface area contributed by atoms with E-state index in [0.29, 0.717) is 11.8 Å². The van der Waals surface area contributed by atoms with Crippen LogP contribution in [0.2, 0.25) is 0 Å². The summed E-state index contributed by atoms with van der Waals surface area (Å²) in [5.41, 5.74) is 10.6. The molecule has 3 N–H and O–H groups in total. The van der Waals surface area contributed by atoms with Gasteiger partial charge >= 0.3 is 0 Å². The van der Waals surface area contributed by atoms with Crippen LogP contribution in [0.1, 0.15) is 37.2 Å². The fourth-order valence-electron chi connectivity index (χ4n) is 2.82. The van der Waals surface area contributed by atoms with Crippen LogP contribution in [0.5, 0.6) is 0 Å². The maximum absolute atomic E-state index is 5.88. The molecule has 1 unspecified atom stereocenters. The predicted molar refractivity (Wildman–Crippen MR) is 81.3 cm³/mol. The molecular formula is C16H25N3. The number of aromatic nitrogens is 2. The molecule has 3 nitrogen and oxygen atoms in total. The molecule has 19 heavy (non-hydrogen) atoms. The summed E-state index contributed by atoms with van der Waals surface area (Å²) in [6.45, 7) is 9.46. The molecule has 0 aliphatic heterocycles. The fourth-order valence-corrected chi connectivity index (χ4v) is 2.82. The Labute approximate surface area is 115 Å². The highest BCUT2D eigenvalue weighted by Gasteiger charge is 2.13. The van der Waals surface area contributed by atoms with Gasteiger partial charge in [-0.15, -0.1) is 0 Å². The Bertz CT molecular complexity index is 554. The maximum Gasteiger partial charge on any atom is 0.107 e. The number of imidazole rings is 1. The lowest BCUT2D eigenvalue weighted by atomic mass is 9.94. The first-order valence-electron chi connectivity index (χ1n) is 7.15. The minimum absolute atomic E-state index is 0.516. The van der Waals surface area contributed by atoms with Crippen LogP contribution < -0.4 is 5.73 Å².